The lowest BCUT2D eigenvalue weighted by Crippen LogP contribution is -2.55. The van der Waals surface area contributed by atoms with Crippen LogP contribution in [0.15, 0.2) is 0 Å². The molecular formula is C20H30N4O5. The van der Waals surface area contributed by atoms with Crippen LogP contribution in [0.5, 0.6) is 0 Å². The molecular weight excluding hydrogens is 376 g/mol. The number of nitrogens with zero attached hydrogens (tertiary/aromatic N) is 1. The van der Waals surface area contributed by atoms with E-state index in [-0.39, 0.29) is 24.4 Å². The fourth-order valence-corrected chi connectivity index (χ4v) is 4.29. The predicted octanol–water partition coefficient (Wildman–Crippen LogP) is -0.364. The summed E-state index contributed by atoms with van der Waals surface area (Å²) in [5.74, 6) is -1.96. The number of ketones is 1. The maximum absolute atomic E-state index is 13.1. The van der Waals surface area contributed by atoms with Crippen LogP contribution in [0.3, 0.4) is 0 Å². The van der Waals surface area contributed by atoms with Crippen molar-refractivity contribution in [2.75, 3.05) is 13.1 Å². The molecule has 1 unspecified atom stereocenters. The Morgan fingerprint density at radius 1 is 0.966 bits per heavy atom. The molecule has 9 heteroatoms. The fourth-order valence-electron chi connectivity index (χ4n) is 4.29. The standard InChI is InChI=1S/C20H30N4O5/c25-12-22-17(13-5-2-1-3-6-13)20(29)24-10-4-7-15(24)18(27)21-11-16(26)19(28)23-14-8-9-14/h12-15,17H,1-11H2,(H,21,27)(H,22,25)(H,23,28)/t15?,17-/m0/s1. The van der Waals surface area contributed by atoms with Gasteiger partial charge in [-0.1, -0.05) is 19.3 Å². The molecule has 0 aromatic heterocycles. The van der Waals surface area contributed by atoms with Crippen molar-refractivity contribution >= 4 is 29.9 Å². The molecule has 3 fully saturated rings. The highest BCUT2D eigenvalue weighted by molar-refractivity contribution is 6.37. The van der Waals surface area contributed by atoms with Gasteiger partial charge in [0.15, 0.2) is 0 Å². The van der Waals surface area contributed by atoms with E-state index >= 15 is 0 Å². The first-order chi connectivity index (χ1) is 14.0. The third-order valence-corrected chi connectivity index (χ3v) is 6.06. The Hall–Kier alpha value is -2.45. The van der Waals surface area contributed by atoms with E-state index in [0.717, 1.165) is 44.9 Å². The number of rotatable bonds is 9. The first kappa shape index (κ1) is 21.3. The van der Waals surface area contributed by atoms with Crippen LogP contribution in [-0.2, 0) is 24.0 Å². The second kappa shape index (κ2) is 9.84. The first-order valence-corrected chi connectivity index (χ1v) is 10.6. The van der Waals surface area contributed by atoms with E-state index in [0.29, 0.717) is 25.8 Å². The number of Topliss-reactive ketones (excluding diaryl/α,β-unsaturated/α-hetero) is 1. The van der Waals surface area contributed by atoms with E-state index in [1.807, 2.05) is 0 Å². The molecule has 0 radical (unpaired) electrons. The zero-order valence-corrected chi connectivity index (χ0v) is 16.7. The quantitative estimate of drug-likeness (QED) is 0.356. The minimum atomic E-state index is -0.691. The largest absolute Gasteiger partial charge is 0.347 e. The lowest BCUT2D eigenvalue weighted by Gasteiger charge is -2.33. The topological polar surface area (TPSA) is 125 Å². The summed E-state index contributed by atoms with van der Waals surface area (Å²) in [4.78, 5) is 61.9. The molecule has 160 valence electrons. The summed E-state index contributed by atoms with van der Waals surface area (Å²) in [6, 6.07) is -1.22. The summed E-state index contributed by atoms with van der Waals surface area (Å²) >= 11 is 0. The Morgan fingerprint density at radius 2 is 1.69 bits per heavy atom. The zero-order valence-electron chi connectivity index (χ0n) is 16.7. The second-order valence-electron chi connectivity index (χ2n) is 8.24. The highest BCUT2D eigenvalue weighted by Gasteiger charge is 2.40. The molecule has 3 aliphatic rings. The van der Waals surface area contributed by atoms with Gasteiger partial charge in [0, 0.05) is 12.6 Å². The van der Waals surface area contributed by atoms with Crippen molar-refractivity contribution in [2.24, 2.45) is 5.92 Å². The van der Waals surface area contributed by atoms with Crippen LogP contribution in [-0.4, -0.2) is 66.0 Å². The highest BCUT2D eigenvalue weighted by Crippen LogP contribution is 2.29. The third-order valence-electron chi connectivity index (χ3n) is 6.06. The predicted molar refractivity (Wildman–Crippen MR) is 103 cm³/mol. The molecule has 1 saturated heterocycles. The van der Waals surface area contributed by atoms with Crippen molar-refractivity contribution in [1.29, 1.82) is 0 Å². The van der Waals surface area contributed by atoms with Gasteiger partial charge in [-0.05, 0) is 44.4 Å². The van der Waals surface area contributed by atoms with Gasteiger partial charge >= 0.3 is 0 Å². The van der Waals surface area contributed by atoms with E-state index in [2.05, 4.69) is 16.0 Å². The number of carbonyl (C=O) groups excluding carboxylic acids is 5. The van der Waals surface area contributed by atoms with Crippen LogP contribution in [0, 0.1) is 5.92 Å². The van der Waals surface area contributed by atoms with Crippen LogP contribution >= 0.6 is 0 Å². The van der Waals surface area contributed by atoms with Crippen LogP contribution in [0.25, 0.3) is 0 Å². The van der Waals surface area contributed by atoms with Crippen molar-refractivity contribution < 1.29 is 24.0 Å². The first-order valence-electron chi connectivity index (χ1n) is 10.6. The Kier molecular flexibility index (Phi) is 7.22. The maximum Gasteiger partial charge on any atom is 0.289 e. The molecule has 9 nitrogen and oxygen atoms in total. The van der Waals surface area contributed by atoms with Gasteiger partial charge in [-0.3, -0.25) is 24.0 Å². The lowest BCUT2D eigenvalue weighted by molar-refractivity contribution is -0.142. The Bertz CT molecular complexity index is 657. The second-order valence-corrected chi connectivity index (χ2v) is 8.24. The van der Waals surface area contributed by atoms with Crippen LogP contribution in [0.4, 0.5) is 0 Å². The lowest BCUT2D eigenvalue weighted by atomic mass is 9.83. The maximum atomic E-state index is 13.1. The van der Waals surface area contributed by atoms with Crippen LogP contribution in [0.2, 0.25) is 0 Å². The van der Waals surface area contributed by atoms with Gasteiger partial charge in [0.1, 0.15) is 12.1 Å². The molecule has 2 aliphatic carbocycles. The summed E-state index contributed by atoms with van der Waals surface area (Å²) in [7, 11) is 0. The average molecular weight is 406 g/mol. The van der Waals surface area contributed by atoms with Crippen molar-refractivity contribution in [3.05, 3.63) is 0 Å². The number of amides is 4. The van der Waals surface area contributed by atoms with E-state index in [4.69, 9.17) is 0 Å². The number of hydrogen-bond donors (Lipinski definition) is 3. The Labute approximate surface area is 170 Å². The molecule has 1 aliphatic heterocycles. The van der Waals surface area contributed by atoms with E-state index in [1.165, 1.54) is 4.90 Å². The summed E-state index contributed by atoms with van der Waals surface area (Å²) in [5.41, 5.74) is 0. The number of likely N-dealkylation sites (tertiary alicyclic amines) is 1. The van der Waals surface area contributed by atoms with Gasteiger partial charge in [0.05, 0.1) is 6.54 Å². The molecule has 0 bridgehead atoms. The number of nitrogens with one attached hydrogen (secondary N) is 3. The fraction of sp³-hybridized carbons (Fsp3) is 0.750. The van der Waals surface area contributed by atoms with Gasteiger partial charge in [0.25, 0.3) is 5.91 Å². The summed E-state index contributed by atoms with van der Waals surface area (Å²) < 4.78 is 0. The van der Waals surface area contributed by atoms with Crippen molar-refractivity contribution in [3.63, 3.8) is 0 Å². The Morgan fingerprint density at radius 3 is 2.34 bits per heavy atom. The summed E-state index contributed by atoms with van der Waals surface area (Å²) in [5, 5.41) is 7.76. The van der Waals surface area contributed by atoms with Gasteiger partial charge in [-0.15, -0.1) is 0 Å². The van der Waals surface area contributed by atoms with E-state index < -0.39 is 29.7 Å². The summed E-state index contributed by atoms with van der Waals surface area (Å²) in [6.45, 7) is 0.0609. The molecule has 0 spiro atoms. The minimum Gasteiger partial charge on any atom is -0.347 e. The van der Waals surface area contributed by atoms with Crippen molar-refractivity contribution in [3.8, 4) is 0 Å². The van der Waals surface area contributed by atoms with Crippen molar-refractivity contribution in [2.45, 2.75) is 75.9 Å². The van der Waals surface area contributed by atoms with Crippen molar-refractivity contribution in [1.82, 2.24) is 20.9 Å². The SMILES string of the molecule is O=CN[C@H](C(=O)N1CCCC1C(=O)NCC(=O)C(=O)NC1CC1)C1CCCCC1. The monoisotopic (exact) mass is 406 g/mol. The highest BCUT2D eigenvalue weighted by atomic mass is 16.2. The van der Waals surface area contributed by atoms with Gasteiger partial charge < -0.3 is 20.9 Å². The molecule has 2 atom stereocenters. The molecule has 0 aromatic carbocycles. The molecule has 0 aromatic rings. The van der Waals surface area contributed by atoms with Gasteiger partial charge in [0.2, 0.25) is 24.0 Å². The third kappa shape index (κ3) is 5.55. The minimum absolute atomic E-state index is 0.0761. The normalized spacial score (nSPS) is 23.2. The van der Waals surface area contributed by atoms with E-state index in [9.17, 15) is 24.0 Å². The van der Waals surface area contributed by atoms with Crippen LogP contribution < -0.4 is 16.0 Å². The molecule has 1 heterocycles. The average Bonchev–Trinajstić information content (AvgIpc) is 3.41. The van der Waals surface area contributed by atoms with Crippen LogP contribution in [0.1, 0.15) is 57.8 Å². The molecule has 3 rings (SSSR count). The van der Waals surface area contributed by atoms with Gasteiger partial charge in [-0.2, -0.15) is 0 Å². The molecule has 4 amide bonds. The smallest absolute Gasteiger partial charge is 0.289 e. The molecule has 3 N–H and O–H groups in total. The molecule has 2 saturated carbocycles. The summed E-state index contributed by atoms with van der Waals surface area (Å²) in [6.07, 6.45) is 8.45. The number of carbonyl (C=O) groups is 5. The molecule has 29 heavy (non-hydrogen) atoms. The number of hydrogen-bond acceptors (Lipinski definition) is 5. The zero-order chi connectivity index (χ0) is 20.8. The Balaban J connectivity index is 1.56. The van der Waals surface area contributed by atoms with E-state index in [1.54, 1.807) is 0 Å². The van der Waals surface area contributed by atoms with Gasteiger partial charge in [-0.25, -0.2) is 0 Å².